The topological polar surface area (TPSA) is 42.7 Å². The number of aromatic nitrogens is 3. The van der Waals surface area contributed by atoms with Crippen molar-refractivity contribution >= 4 is 5.69 Å². The highest BCUT2D eigenvalue weighted by atomic mass is 19.1. The lowest BCUT2D eigenvalue weighted by atomic mass is 10.1. The molecule has 0 saturated heterocycles. The van der Waals surface area contributed by atoms with Gasteiger partial charge in [0.1, 0.15) is 18.3 Å². The molecule has 0 aliphatic carbocycles. The number of hydrogen-bond acceptors (Lipinski definition) is 3. The third-order valence-electron chi connectivity index (χ3n) is 2.85. The van der Waals surface area contributed by atoms with Gasteiger partial charge in [-0.3, -0.25) is 0 Å². The first-order valence-electron chi connectivity index (χ1n) is 6.47. The number of rotatable bonds is 5. The molecule has 5 heteroatoms. The minimum absolute atomic E-state index is 0.313. The molecule has 1 aromatic carbocycles. The van der Waals surface area contributed by atoms with E-state index in [1.54, 1.807) is 6.07 Å². The average Bonchev–Trinajstić information content (AvgIpc) is 2.81. The van der Waals surface area contributed by atoms with E-state index in [1.807, 2.05) is 6.07 Å². The van der Waals surface area contributed by atoms with E-state index in [0.717, 1.165) is 12.1 Å². The van der Waals surface area contributed by atoms with Gasteiger partial charge in [0, 0.05) is 11.7 Å². The van der Waals surface area contributed by atoms with Crippen molar-refractivity contribution < 1.29 is 4.39 Å². The molecule has 19 heavy (non-hydrogen) atoms. The van der Waals surface area contributed by atoms with Crippen molar-refractivity contribution in [2.75, 3.05) is 5.32 Å². The van der Waals surface area contributed by atoms with Crippen LogP contribution in [0.5, 0.6) is 0 Å². The van der Waals surface area contributed by atoms with Crippen molar-refractivity contribution in [3.05, 3.63) is 36.7 Å². The van der Waals surface area contributed by atoms with Crippen molar-refractivity contribution in [2.45, 2.75) is 33.2 Å². The van der Waals surface area contributed by atoms with E-state index in [-0.39, 0.29) is 5.82 Å². The zero-order valence-corrected chi connectivity index (χ0v) is 11.5. The lowest BCUT2D eigenvalue weighted by molar-refractivity contribution is 0.539. The van der Waals surface area contributed by atoms with Crippen LogP contribution in [0.4, 0.5) is 10.1 Å². The summed E-state index contributed by atoms with van der Waals surface area (Å²) in [6, 6.07) is 5.37. The third kappa shape index (κ3) is 3.53. The molecule has 2 aromatic rings. The lowest BCUT2D eigenvalue weighted by Crippen LogP contribution is -2.17. The molecule has 2 rings (SSSR count). The van der Waals surface area contributed by atoms with Gasteiger partial charge in [-0.2, -0.15) is 5.10 Å². The van der Waals surface area contributed by atoms with Crippen LogP contribution >= 0.6 is 0 Å². The van der Waals surface area contributed by atoms with Crippen molar-refractivity contribution in [1.29, 1.82) is 0 Å². The van der Waals surface area contributed by atoms with Gasteiger partial charge in [-0.05, 0) is 37.5 Å². The van der Waals surface area contributed by atoms with Gasteiger partial charge in [-0.25, -0.2) is 14.1 Å². The van der Waals surface area contributed by atoms with Crippen LogP contribution in [0, 0.1) is 11.7 Å². The molecule has 1 aromatic heterocycles. The highest BCUT2D eigenvalue weighted by molar-refractivity contribution is 5.49. The minimum Gasteiger partial charge on any atom is -0.382 e. The standard InChI is InChI=1S/C14H19FN4/c1-10(2)6-11(3)18-12-4-5-14(13(15)7-12)19-9-16-8-17-19/h4-5,7-11,18H,6H2,1-3H3. The van der Waals surface area contributed by atoms with Crippen LogP contribution in [-0.2, 0) is 0 Å². The number of benzene rings is 1. The van der Waals surface area contributed by atoms with Crippen LogP contribution < -0.4 is 5.32 Å². The largest absolute Gasteiger partial charge is 0.382 e. The number of hydrogen-bond donors (Lipinski definition) is 1. The van der Waals surface area contributed by atoms with Crippen molar-refractivity contribution in [3.8, 4) is 5.69 Å². The quantitative estimate of drug-likeness (QED) is 0.899. The van der Waals surface area contributed by atoms with Crippen molar-refractivity contribution in [3.63, 3.8) is 0 Å². The Morgan fingerprint density at radius 2 is 2.11 bits per heavy atom. The Hall–Kier alpha value is -1.91. The molecule has 0 radical (unpaired) electrons. The fourth-order valence-electron chi connectivity index (χ4n) is 2.17. The van der Waals surface area contributed by atoms with Gasteiger partial charge in [0.25, 0.3) is 0 Å². The monoisotopic (exact) mass is 262 g/mol. The third-order valence-corrected chi connectivity index (χ3v) is 2.85. The van der Waals surface area contributed by atoms with Crippen LogP contribution in [0.1, 0.15) is 27.2 Å². The molecule has 102 valence electrons. The first-order valence-corrected chi connectivity index (χ1v) is 6.47. The van der Waals surface area contributed by atoms with Gasteiger partial charge < -0.3 is 5.32 Å². The second-order valence-corrected chi connectivity index (χ2v) is 5.18. The number of nitrogens with zero attached hydrogens (tertiary/aromatic N) is 3. The van der Waals surface area contributed by atoms with Gasteiger partial charge in [-0.15, -0.1) is 0 Å². The molecule has 0 amide bonds. The zero-order valence-electron chi connectivity index (χ0n) is 11.5. The first kappa shape index (κ1) is 13.5. The summed E-state index contributed by atoms with van der Waals surface area (Å²) in [6.45, 7) is 6.45. The predicted molar refractivity (Wildman–Crippen MR) is 73.9 cm³/mol. The summed E-state index contributed by atoms with van der Waals surface area (Å²) < 4.78 is 15.4. The SMILES string of the molecule is CC(C)CC(C)Nc1ccc(-n2cncn2)c(F)c1. The molecule has 0 saturated carbocycles. The molecule has 4 nitrogen and oxygen atoms in total. The van der Waals surface area contributed by atoms with Crippen LogP contribution in [0.25, 0.3) is 5.69 Å². The van der Waals surface area contributed by atoms with Gasteiger partial charge in [-0.1, -0.05) is 13.8 Å². The van der Waals surface area contributed by atoms with E-state index >= 15 is 0 Å². The summed E-state index contributed by atoms with van der Waals surface area (Å²) in [5.74, 6) is 0.300. The summed E-state index contributed by atoms with van der Waals surface area (Å²) >= 11 is 0. The second kappa shape index (κ2) is 5.82. The zero-order chi connectivity index (χ0) is 13.8. The Morgan fingerprint density at radius 1 is 1.32 bits per heavy atom. The van der Waals surface area contributed by atoms with Crippen LogP contribution in [-0.4, -0.2) is 20.8 Å². The maximum absolute atomic E-state index is 14.0. The number of halogens is 1. The molecule has 0 spiro atoms. The molecule has 1 heterocycles. The van der Waals surface area contributed by atoms with Gasteiger partial charge in [0.2, 0.25) is 0 Å². The Bertz CT molecular complexity index is 522. The van der Waals surface area contributed by atoms with E-state index in [0.29, 0.717) is 17.6 Å². The summed E-state index contributed by atoms with van der Waals surface area (Å²) in [4.78, 5) is 3.81. The Labute approximate surface area is 112 Å². The molecular weight excluding hydrogens is 243 g/mol. The summed E-state index contributed by atoms with van der Waals surface area (Å²) in [5, 5.41) is 7.22. The highest BCUT2D eigenvalue weighted by Gasteiger charge is 2.09. The maximum atomic E-state index is 14.0. The molecule has 0 aliphatic rings. The molecule has 0 bridgehead atoms. The highest BCUT2D eigenvalue weighted by Crippen LogP contribution is 2.19. The predicted octanol–water partition coefficient (Wildman–Crippen LogP) is 3.25. The van der Waals surface area contributed by atoms with Crippen LogP contribution in [0.15, 0.2) is 30.9 Å². The van der Waals surface area contributed by atoms with Gasteiger partial charge in [0.15, 0.2) is 5.82 Å². The van der Waals surface area contributed by atoms with E-state index in [9.17, 15) is 4.39 Å². The summed E-state index contributed by atoms with van der Waals surface area (Å²) in [6.07, 6.45) is 3.91. The van der Waals surface area contributed by atoms with E-state index in [4.69, 9.17) is 0 Å². The average molecular weight is 262 g/mol. The molecule has 1 N–H and O–H groups in total. The Morgan fingerprint density at radius 3 is 2.68 bits per heavy atom. The smallest absolute Gasteiger partial charge is 0.150 e. The number of anilines is 1. The molecular formula is C14H19FN4. The lowest BCUT2D eigenvalue weighted by Gasteiger charge is -2.17. The molecule has 1 atom stereocenters. The second-order valence-electron chi connectivity index (χ2n) is 5.18. The fourth-order valence-corrected chi connectivity index (χ4v) is 2.17. The van der Waals surface area contributed by atoms with E-state index in [1.165, 1.54) is 23.4 Å². The molecule has 0 aliphatic heterocycles. The molecule has 1 unspecified atom stereocenters. The summed E-state index contributed by atoms with van der Waals surface area (Å²) in [7, 11) is 0. The summed E-state index contributed by atoms with van der Waals surface area (Å²) in [5.41, 5.74) is 1.19. The Kier molecular flexibility index (Phi) is 4.14. The van der Waals surface area contributed by atoms with E-state index in [2.05, 4.69) is 36.2 Å². The van der Waals surface area contributed by atoms with Crippen molar-refractivity contribution in [1.82, 2.24) is 14.8 Å². The van der Waals surface area contributed by atoms with Gasteiger partial charge >= 0.3 is 0 Å². The number of nitrogens with one attached hydrogen (secondary N) is 1. The normalized spacial score (nSPS) is 12.7. The maximum Gasteiger partial charge on any atom is 0.150 e. The first-order chi connectivity index (χ1) is 9.06. The Balaban J connectivity index is 2.11. The van der Waals surface area contributed by atoms with E-state index < -0.39 is 0 Å². The fraction of sp³-hybridized carbons (Fsp3) is 0.429. The van der Waals surface area contributed by atoms with Gasteiger partial charge in [0.05, 0.1) is 0 Å². The minimum atomic E-state index is -0.313. The molecule has 0 fully saturated rings. The van der Waals surface area contributed by atoms with Crippen molar-refractivity contribution in [2.24, 2.45) is 5.92 Å². The van der Waals surface area contributed by atoms with Crippen LogP contribution in [0.2, 0.25) is 0 Å². The van der Waals surface area contributed by atoms with Crippen LogP contribution in [0.3, 0.4) is 0 Å².